The van der Waals surface area contributed by atoms with Gasteiger partial charge in [-0.05, 0) is 166 Å². The van der Waals surface area contributed by atoms with Crippen molar-refractivity contribution in [2.24, 2.45) is 23.7 Å². The van der Waals surface area contributed by atoms with Crippen molar-refractivity contribution < 1.29 is 0 Å². The Morgan fingerprint density at radius 2 is 0.870 bits per heavy atom. The summed E-state index contributed by atoms with van der Waals surface area (Å²) in [7, 11) is 0. The molecule has 0 atom stereocenters. The summed E-state index contributed by atoms with van der Waals surface area (Å²) in [6.45, 7) is 0. The van der Waals surface area contributed by atoms with Gasteiger partial charge in [-0.2, -0.15) is 0 Å². The number of rotatable bonds is 2. The Kier molecular flexibility index (Phi) is 5.89. The molecule has 5 aliphatic rings. The summed E-state index contributed by atoms with van der Waals surface area (Å²) >= 11 is 0. The lowest BCUT2D eigenvalue weighted by Gasteiger charge is -2.61. The van der Waals surface area contributed by atoms with Gasteiger partial charge in [0.2, 0.25) is 0 Å². The molecule has 0 nitrogen and oxygen atoms in total. The minimum Gasteiger partial charge on any atom is -0.0616 e. The molecule has 9 aromatic carbocycles. The predicted molar refractivity (Wildman–Crippen MR) is 228 cm³/mol. The number of hydrogen-bond acceptors (Lipinski definition) is 0. The Morgan fingerprint density at radius 1 is 0.333 bits per heavy atom. The standard InChI is InChI=1S/C54H40/c1-4-14-40-34(11-1)22-24-49-53(40)47-23-21-36(31-50(47)54(49)37-26-32-25-33(28-37)29-38(54)27-32)51-43-17-7-9-19-45(43)52(46-20-10-8-18-44(46)51)48-30-35-12-2-3-13-39(35)41-15-5-6-16-42(41)48/h1-24,30-33,37-38H,25-29H2. The average molecular weight is 689 g/mol. The van der Waals surface area contributed by atoms with Gasteiger partial charge < -0.3 is 0 Å². The second-order valence-corrected chi connectivity index (χ2v) is 17.2. The summed E-state index contributed by atoms with van der Waals surface area (Å²) in [6.07, 6.45) is 7.04. The Hall–Kier alpha value is -5.72. The molecule has 0 N–H and O–H groups in total. The molecular weight excluding hydrogens is 649 g/mol. The largest absolute Gasteiger partial charge is 0.0616 e. The summed E-state index contributed by atoms with van der Waals surface area (Å²) in [5.41, 5.74) is 11.8. The van der Waals surface area contributed by atoms with E-state index >= 15 is 0 Å². The summed E-state index contributed by atoms with van der Waals surface area (Å²) in [5, 5.41) is 13.3. The highest BCUT2D eigenvalue weighted by Gasteiger charge is 2.61. The van der Waals surface area contributed by atoms with Crippen molar-refractivity contribution in [1.82, 2.24) is 0 Å². The van der Waals surface area contributed by atoms with Gasteiger partial charge in [-0.25, -0.2) is 0 Å². The van der Waals surface area contributed by atoms with Crippen LogP contribution in [0.1, 0.15) is 43.2 Å². The molecule has 0 heteroatoms. The van der Waals surface area contributed by atoms with E-state index in [1.165, 1.54) is 119 Å². The van der Waals surface area contributed by atoms with Crippen molar-refractivity contribution in [2.75, 3.05) is 0 Å². The summed E-state index contributed by atoms with van der Waals surface area (Å²) in [5.74, 6) is 3.28. The van der Waals surface area contributed by atoms with Crippen LogP contribution >= 0.6 is 0 Å². The molecule has 0 aliphatic heterocycles. The van der Waals surface area contributed by atoms with E-state index in [-0.39, 0.29) is 5.41 Å². The lowest BCUT2D eigenvalue weighted by Crippen LogP contribution is -2.55. The molecule has 4 saturated carbocycles. The Bertz CT molecular complexity index is 2980. The van der Waals surface area contributed by atoms with E-state index in [2.05, 4.69) is 158 Å². The fourth-order valence-corrected chi connectivity index (χ4v) is 13.1. The highest BCUT2D eigenvalue weighted by atomic mass is 14.6. The first kappa shape index (κ1) is 29.7. The van der Waals surface area contributed by atoms with Crippen LogP contribution in [0.2, 0.25) is 0 Å². The first-order chi connectivity index (χ1) is 26.8. The van der Waals surface area contributed by atoms with Crippen molar-refractivity contribution in [3.8, 4) is 33.4 Å². The van der Waals surface area contributed by atoms with Crippen LogP contribution in [-0.4, -0.2) is 0 Å². The molecule has 0 heterocycles. The molecule has 4 bridgehead atoms. The summed E-state index contributed by atoms with van der Waals surface area (Å²) in [4.78, 5) is 0. The normalized spacial score (nSPS) is 23.6. The average Bonchev–Trinajstić information content (AvgIpc) is 3.52. The molecule has 4 fully saturated rings. The molecule has 0 saturated heterocycles. The third kappa shape index (κ3) is 3.74. The highest BCUT2D eigenvalue weighted by molar-refractivity contribution is 6.26. The van der Waals surface area contributed by atoms with Crippen LogP contribution in [0.15, 0.2) is 158 Å². The van der Waals surface area contributed by atoms with Gasteiger partial charge in [0.05, 0.1) is 0 Å². The number of hydrogen-bond donors (Lipinski definition) is 0. The van der Waals surface area contributed by atoms with Crippen molar-refractivity contribution in [2.45, 2.75) is 37.5 Å². The van der Waals surface area contributed by atoms with E-state index in [9.17, 15) is 0 Å². The molecular formula is C54H40. The van der Waals surface area contributed by atoms with Crippen LogP contribution in [0.25, 0.3) is 87.2 Å². The fourth-order valence-electron chi connectivity index (χ4n) is 13.1. The lowest BCUT2D eigenvalue weighted by molar-refractivity contribution is -0.0399. The van der Waals surface area contributed by atoms with Crippen LogP contribution in [-0.2, 0) is 5.41 Å². The quantitative estimate of drug-likeness (QED) is 0.125. The van der Waals surface area contributed by atoms with Crippen LogP contribution in [0.3, 0.4) is 0 Å². The molecule has 256 valence electrons. The monoisotopic (exact) mass is 688 g/mol. The van der Waals surface area contributed by atoms with Crippen molar-refractivity contribution >= 4 is 53.9 Å². The van der Waals surface area contributed by atoms with Gasteiger partial charge in [0.25, 0.3) is 0 Å². The zero-order chi connectivity index (χ0) is 35.1. The molecule has 1 spiro atoms. The molecule has 0 radical (unpaired) electrons. The van der Waals surface area contributed by atoms with E-state index in [1.807, 2.05) is 0 Å². The van der Waals surface area contributed by atoms with Crippen molar-refractivity contribution in [1.29, 1.82) is 0 Å². The smallest absolute Gasteiger partial charge is 0.0272 e. The van der Waals surface area contributed by atoms with Crippen LogP contribution in [0.5, 0.6) is 0 Å². The van der Waals surface area contributed by atoms with Gasteiger partial charge in [0.15, 0.2) is 0 Å². The van der Waals surface area contributed by atoms with E-state index in [0.717, 1.165) is 23.7 Å². The number of fused-ring (bicyclic) bond motifs is 10. The topological polar surface area (TPSA) is 0 Å². The fraction of sp³-hybridized carbons (Fsp3) is 0.185. The van der Waals surface area contributed by atoms with E-state index in [1.54, 1.807) is 11.1 Å². The molecule has 14 rings (SSSR count). The SMILES string of the molecule is c1ccc2c3c(ccc2c1)C1(c2cc(-c4c5ccccc5c(-c5cc6ccccc6c6ccccc56)c5ccccc45)ccc2-3)C2CC3CC(C2)CC1C3. The van der Waals surface area contributed by atoms with Gasteiger partial charge in [-0.1, -0.05) is 146 Å². The Balaban J connectivity index is 1.12. The molecule has 5 aliphatic carbocycles. The summed E-state index contributed by atoms with van der Waals surface area (Å²) in [6, 6.07) is 60.7. The molecule has 0 unspecified atom stereocenters. The van der Waals surface area contributed by atoms with Crippen molar-refractivity contribution in [3.05, 3.63) is 169 Å². The van der Waals surface area contributed by atoms with Gasteiger partial charge in [0.1, 0.15) is 0 Å². The minimum atomic E-state index is 0.105. The molecule has 0 amide bonds. The van der Waals surface area contributed by atoms with Crippen LogP contribution in [0.4, 0.5) is 0 Å². The summed E-state index contributed by atoms with van der Waals surface area (Å²) < 4.78 is 0. The highest BCUT2D eigenvalue weighted by Crippen LogP contribution is 2.70. The molecule has 9 aromatic rings. The third-order valence-electron chi connectivity index (χ3n) is 14.8. The van der Waals surface area contributed by atoms with Crippen LogP contribution < -0.4 is 0 Å². The third-order valence-corrected chi connectivity index (χ3v) is 14.8. The Morgan fingerprint density at radius 3 is 1.54 bits per heavy atom. The van der Waals surface area contributed by atoms with Gasteiger partial charge in [-0.3, -0.25) is 0 Å². The minimum absolute atomic E-state index is 0.105. The van der Waals surface area contributed by atoms with E-state index in [0.29, 0.717) is 0 Å². The first-order valence-electron chi connectivity index (χ1n) is 20.3. The zero-order valence-corrected chi connectivity index (χ0v) is 30.4. The first-order valence-corrected chi connectivity index (χ1v) is 20.3. The second kappa shape index (κ2) is 10.7. The van der Waals surface area contributed by atoms with E-state index < -0.39 is 0 Å². The number of benzene rings is 9. The van der Waals surface area contributed by atoms with Crippen molar-refractivity contribution in [3.63, 3.8) is 0 Å². The maximum Gasteiger partial charge on any atom is 0.0272 e. The lowest BCUT2D eigenvalue weighted by atomic mass is 9.43. The molecule has 54 heavy (non-hydrogen) atoms. The maximum absolute atomic E-state index is 2.70. The predicted octanol–water partition coefficient (Wildman–Crippen LogP) is 14.5. The zero-order valence-electron chi connectivity index (χ0n) is 30.4. The van der Waals surface area contributed by atoms with Gasteiger partial charge >= 0.3 is 0 Å². The second-order valence-electron chi connectivity index (χ2n) is 17.2. The van der Waals surface area contributed by atoms with Gasteiger partial charge in [-0.15, -0.1) is 0 Å². The maximum atomic E-state index is 2.70. The molecule has 0 aromatic heterocycles. The van der Waals surface area contributed by atoms with Crippen LogP contribution in [0, 0.1) is 23.7 Å². The Labute approximate surface area is 316 Å². The van der Waals surface area contributed by atoms with Gasteiger partial charge in [0, 0.05) is 5.41 Å². The van der Waals surface area contributed by atoms with E-state index in [4.69, 9.17) is 0 Å².